The van der Waals surface area contributed by atoms with Crippen LogP contribution in [0.4, 0.5) is 14.5 Å². The highest BCUT2D eigenvalue weighted by Gasteiger charge is 2.28. The first-order valence-electron chi connectivity index (χ1n) is 10.9. The van der Waals surface area contributed by atoms with E-state index < -0.39 is 11.6 Å². The van der Waals surface area contributed by atoms with E-state index in [1.807, 2.05) is 13.8 Å². The molecule has 0 aromatic heterocycles. The van der Waals surface area contributed by atoms with Crippen LogP contribution in [0.5, 0.6) is 0 Å². The molecule has 9 heteroatoms. The number of likely N-dealkylation sites (tertiary alicyclic amines) is 1. The SMILES string of the molecule is CCNC(=NCC1CCN(c2ccc(F)c(F)c2)C1)N1CCC(C(=O)OCC)CC1.I. The van der Waals surface area contributed by atoms with Crippen molar-refractivity contribution in [2.75, 3.05) is 50.8 Å². The molecule has 3 rings (SSSR count). The number of nitrogens with zero attached hydrogens (tertiary/aromatic N) is 3. The lowest BCUT2D eigenvalue weighted by atomic mass is 9.97. The zero-order valence-corrected chi connectivity index (χ0v) is 20.6. The van der Waals surface area contributed by atoms with E-state index in [-0.39, 0.29) is 35.9 Å². The van der Waals surface area contributed by atoms with Crippen LogP contribution in [-0.2, 0) is 9.53 Å². The molecule has 174 valence electrons. The second-order valence-electron chi connectivity index (χ2n) is 7.91. The highest BCUT2D eigenvalue weighted by Crippen LogP contribution is 2.26. The maximum Gasteiger partial charge on any atom is 0.309 e. The normalized spacial score (nSPS) is 19.9. The summed E-state index contributed by atoms with van der Waals surface area (Å²) in [6.45, 7) is 8.91. The predicted molar refractivity (Wildman–Crippen MR) is 129 cm³/mol. The Hall–Kier alpha value is -1.65. The molecule has 1 aromatic rings. The van der Waals surface area contributed by atoms with Gasteiger partial charge in [0.1, 0.15) is 0 Å². The number of hydrogen-bond acceptors (Lipinski definition) is 4. The van der Waals surface area contributed by atoms with Crippen LogP contribution < -0.4 is 10.2 Å². The van der Waals surface area contributed by atoms with Gasteiger partial charge in [-0.05, 0) is 51.2 Å². The first-order valence-corrected chi connectivity index (χ1v) is 10.9. The average molecular weight is 550 g/mol. The topological polar surface area (TPSA) is 57.2 Å². The van der Waals surface area contributed by atoms with E-state index in [2.05, 4.69) is 15.1 Å². The number of ether oxygens (including phenoxy) is 1. The van der Waals surface area contributed by atoms with E-state index in [1.165, 1.54) is 12.1 Å². The van der Waals surface area contributed by atoms with Gasteiger partial charge in [-0.15, -0.1) is 24.0 Å². The van der Waals surface area contributed by atoms with Gasteiger partial charge >= 0.3 is 5.97 Å². The van der Waals surface area contributed by atoms with E-state index in [0.29, 0.717) is 24.8 Å². The summed E-state index contributed by atoms with van der Waals surface area (Å²) in [5.74, 6) is -0.503. The Morgan fingerprint density at radius 2 is 1.90 bits per heavy atom. The third-order valence-electron chi connectivity index (χ3n) is 5.80. The van der Waals surface area contributed by atoms with Gasteiger partial charge in [-0.2, -0.15) is 0 Å². The number of piperidine rings is 1. The number of benzene rings is 1. The smallest absolute Gasteiger partial charge is 0.309 e. The van der Waals surface area contributed by atoms with Gasteiger partial charge in [0, 0.05) is 51.0 Å². The van der Waals surface area contributed by atoms with Crippen LogP contribution in [-0.4, -0.2) is 62.7 Å². The van der Waals surface area contributed by atoms with E-state index in [1.54, 1.807) is 6.07 Å². The lowest BCUT2D eigenvalue weighted by Crippen LogP contribution is -2.47. The Balaban J connectivity index is 0.00000341. The zero-order valence-electron chi connectivity index (χ0n) is 18.3. The van der Waals surface area contributed by atoms with Crippen molar-refractivity contribution in [2.45, 2.75) is 33.1 Å². The van der Waals surface area contributed by atoms with Gasteiger partial charge in [-0.3, -0.25) is 9.79 Å². The van der Waals surface area contributed by atoms with Crippen molar-refractivity contribution < 1.29 is 18.3 Å². The summed E-state index contributed by atoms with van der Waals surface area (Å²) in [4.78, 5) is 21.1. The van der Waals surface area contributed by atoms with E-state index in [4.69, 9.17) is 9.73 Å². The summed E-state index contributed by atoms with van der Waals surface area (Å²) < 4.78 is 31.9. The van der Waals surface area contributed by atoms with Gasteiger partial charge < -0.3 is 19.9 Å². The number of carbonyl (C=O) groups excluding carboxylic acids is 1. The fourth-order valence-corrected chi connectivity index (χ4v) is 4.13. The Morgan fingerprint density at radius 3 is 2.55 bits per heavy atom. The van der Waals surface area contributed by atoms with Crippen LogP contribution in [0.25, 0.3) is 0 Å². The van der Waals surface area contributed by atoms with Gasteiger partial charge in [0.2, 0.25) is 0 Å². The van der Waals surface area contributed by atoms with Gasteiger partial charge in [0.05, 0.1) is 12.5 Å². The van der Waals surface area contributed by atoms with Crippen LogP contribution >= 0.6 is 24.0 Å². The number of hydrogen-bond donors (Lipinski definition) is 1. The molecule has 6 nitrogen and oxygen atoms in total. The lowest BCUT2D eigenvalue weighted by Gasteiger charge is -2.33. The molecule has 31 heavy (non-hydrogen) atoms. The molecule has 2 saturated heterocycles. The van der Waals surface area contributed by atoms with Crippen LogP contribution in [0.1, 0.15) is 33.1 Å². The minimum absolute atomic E-state index is 0. The monoisotopic (exact) mass is 550 g/mol. The van der Waals surface area contributed by atoms with Crippen molar-refractivity contribution in [2.24, 2.45) is 16.8 Å². The third-order valence-corrected chi connectivity index (χ3v) is 5.80. The number of carbonyl (C=O) groups is 1. The number of esters is 1. The van der Waals surface area contributed by atoms with E-state index in [0.717, 1.165) is 57.9 Å². The first kappa shape index (κ1) is 25.6. The number of aliphatic imine (C=N–C) groups is 1. The fraction of sp³-hybridized carbons (Fsp3) is 0.636. The molecule has 2 aliphatic heterocycles. The molecule has 0 saturated carbocycles. The van der Waals surface area contributed by atoms with Gasteiger partial charge in [0.25, 0.3) is 0 Å². The van der Waals surface area contributed by atoms with Crippen molar-refractivity contribution in [3.63, 3.8) is 0 Å². The first-order chi connectivity index (χ1) is 14.5. The Bertz CT molecular complexity index is 757. The summed E-state index contributed by atoms with van der Waals surface area (Å²) in [6.07, 6.45) is 2.51. The van der Waals surface area contributed by atoms with Gasteiger partial charge in [-0.25, -0.2) is 8.78 Å². The molecule has 0 amide bonds. The lowest BCUT2D eigenvalue weighted by molar-refractivity contribution is -0.149. The molecule has 1 aromatic carbocycles. The van der Waals surface area contributed by atoms with Gasteiger partial charge in [-0.1, -0.05) is 0 Å². The third kappa shape index (κ3) is 6.92. The Morgan fingerprint density at radius 1 is 1.16 bits per heavy atom. The summed E-state index contributed by atoms with van der Waals surface area (Å²) in [6, 6.07) is 4.07. The molecule has 2 heterocycles. The average Bonchev–Trinajstić information content (AvgIpc) is 3.22. The zero-order chi connectivity index (χ0) is 21.5. The molecule has 0 bridgehead atoms. The second-order valence-corrected chi connectivity index (χ2v) is 7.91. The van der Waals surface area contributed by atoms with Gasteiger partial charge in [0.15, 0.2) is 17.6 Å². The largest absolute Gasteiger partial charge is 0.466 e. The van der Waals surface area contributed by atoms with Crippen molar-refractivity contribution in [1.29, 1.82) is 0 Å². The number of halogens is 3. The number of anilines is 1. The molecule has 1 N–H and O–H groups in total. The fourth-order valence-electron chi connectivity index (χ4n) is 4.13. The molecule has 2 fully saturated rings. The minimum atomic E-state index is -0.818. The molecule has 0 radical (unpaired) electrons. The number of nitrogens with one attached hydrogen (secondary N) is 1. The standard InChI is InChI=1S/C22H32F2N4O2.HI/c1-3-25-22(27-11-8-17(9-12-27)21(29)30-4-2)26-14-16-7-10-28(15-16)18-5-6-19(23)20(24)13-18;/h5-6,13,16-17H,3-4,7-12,14-15H2,1-2H3,(H,25,26);1H. The number of rotatable bonds is 6. The maximum absolute atomic E-state index is 13.5. The quantitative estimate of drug-likeness (QED) is 0.254. The summed E-state index contributed by atoms with van der Waals surface area (Å²) >= 11 is 0. The Kier molecular flexibility index (Phi) is 10.2. The molecule has 0 spiro atoms. The van der Waals surface area contributed by atoms with E-state index in [9.17, 15) is 13.6 Å². The predicted octanol–water partition coefficient (Wildman–Crippen LogP) is 3.65. The molecule has 2 aliphatic rings. The van der Waals surface area contributed by atoms with Crippen LogP contribution in [0.2, 0.25) is 0 Å². The van der Waals surface area contributed by atoms with E-state index >= 15 is 0 Å². The molecule has 0 aliphatic carbocycles. The van der Waals surface area contributed by atoms with Crippen molar-refractivity contribution in [1.82, 2.24) is 10.2 Å². The van der Waals surface area contributed by atoms with Crippen LogP contribution in [0.3, 0.4) is 0 Å². The summed E-state index contributed by atoms with van der Waals surface area (Å²) in [5.41, 5.74) is 0.716. The second kappa shape index (κ2) is 12.4. The van der Waals surface area contributed by atoms with Crippen LogP contribution in [0.15, 0.2) is 23.2 Å². The Labute approximate surface area is 200 Å². The summed E-state index contributed by atoms with van der Waals surface area (Å²) in [5, 5.41) is 3.36. The highest BCUT2D eigenvalue weighted by molar-refractivity contribution is 14.0. The van der Waals surface area contributed by atoms with Crippen molar-refractivity contribution in [3.05, 3.63) is 29.8 Å². The van der Waals surface area contributed by atoms with Crippen molar-refractivity contribution >= 4 is 41.6 Å². The highest BCUT2D eigenvalue weighted by atomic mass is 127. The maximum atomic E-state index is 13.5. The number of guanidine groups is 1. The molecule has 1 atom stereocenters. The molecular weight excluding hydrogens is 517 g/mol. The minimum Gasteiger partial charge on any atom is -0.466 e. The van der Waals surface area contributed by atoms with Crippen LogP contribution in [0, 0.1) is 23.5 Å². The molecule has 1 unspecified atom stereocenters. The molecular formula is C22H33F2IN4O2. The summed E-state index contributed by atoms with van der Waals surface area (Å²) in [7, 11) is 0. The van der Waals surface area contributed by atoms with Crippen molar-refractivity contribution in [3.8, 4) is 0 Å².